The third-order valence-corrected chi connectivity index (χ3v) is 4.78. The molecule has 27 heavy (non-hydrogen) atoms. The predicted octanol–water partition coefficient (Wildman–Crippen LogP) is 6.56. The molecule has 3 nitrogen and oxygen atoms in total. The number of hydrogen-bond donors (Lipinski definition) is 0. The number of alkyl halides is 1. The van der Waals surface area contributed by atoms with Gasteiger partial charge in [-0.05, 0) is 37.7 Å². The molecule has 0 N–H and O–H groups in total. The number of hydrogen-bond acceptors (Lipinski definition) is 3. The highest BCUT2D eigenvalue weighted by molar-refractivity contribution is 5.55. The Kier molecular flexibility index (Phi) is 9.81. The number of benzene rings is 1. The standard InChI is InChI=1S/C23H33FN2O/c1-3-5-16-27-22-17-25-23(26-18-22)20-14-12-19(13-15-20)10-8-6-7-9-11-21(24)4-2/h12-15,17-18,21H,3-11,16H2,1-2H3. The Morgan fingerprint density at radius 3 is 2.30 bits per heavy atom. The Balaban J connectivity index is 1.73. The minimum atomic E-state index is -0.614. The number of unbranched alkanes of at least 4 members (excludes halogenated alkanes) is 4. The van der Waals surface area contributed by atoms with E-state index in [0.29, 0.717) is 19.4 Å². The van der Waals surface area contributed by atoms with E-state index in [1.807, 2.05) is 6.92 Å². The normalized spacial score (nSPS) is 12.1. The van der Waals surface area contributed by atoms with Gasteiger partial charge in [0.15, 0.2) is 11.6 Å². The highest BCUT2D eigenvalue weighted by atomic mass is 19.1. The number of aryl methyl sites for hydroxylation is 1. The van der Waals surface area contributed by atoms with Crippen molar-refractivity contribution in [3.63, 3.8) is 0 Å². The second-order valence-corrected chi connectivity index (χ2v) is 7.10. The third-order valence-electron chi connectivity index (χ3n) is 4.78. The van der Waals surface area contributed by atoms with Gasteiger partial charge in [0.25, 0.3) is 0 Å². The largest absolute Gasteiger partial charge is 0.490 e. The van der Waals surface area contributed by atoms with Gasteiger partial charge in [0.2, 0.25) is 0 Å². The van der Waals surface area contributed by atoms with Gasteiger partial charge in [0.1, 0.15) is 0 Å². The maximum Gasteiger partial charge on any atom is 0.159 e. The van der Waals surface area contributed by atoms with Crippen molar-refractivity contribution in [1.82, 2.24) is 9.97 Å². The lowest BCUT2D eigenvalue weighted by Crippen LogP contribution is -1.98. The minimum Gasteiger partial charge on any atom is -0.490 e. The molecule has 1 aromatic carbocycles. The zero-order valence-corrected chi connectivity index (χ0v) is 16.8. The predicted molar refractivity (Wildman–Crippen MR) is 110 cm³/mol. The quantitative estimate of drug-likeness (QED) is 0.373. The van der Waals surface area contributed by atoms with E-state index in [1.165, 1.54) is 12.0 Å². The number of halogens is 1. The van der Waals surface area contributed by atoms with Crippen LogP contribution in [0.3, 0.4) is 0 Å². The van der Waals surface area contributed by atoms with Gasteiger partial charge in [-0.15, -0.1) is 0 Å². The van der Waals surface area contributed by atoms with Gasteiger partial charge in [-0.3, -0.25) is 0 Å². The number of ether oxygens (including phenoxy) is 1. The summed E-state index contributed by atoms with van der Waals surface area (Å²) >= 11 is 0. The topological polar surface area (TPSA) is 35.0 Å². The summed E-state index contributed by atoms with van der Waals surface area (Å²) in [6, 6.07) is 8.46. The lowest BCUT2D eigenvalue weighted by atomic mass is 10.0. The fourth-order valence-electron chi connectivity index (χ4n) is 2.95. The van der Waals surface area contributed by atoms with Gasteiger partial charge in [0.05, 0.1) is 25.2 Å². The number of aromatic nitrogens is 2. The van der Waals surface area contributed by atoms with Crippen LogP contribution in [0.4, 0.5) is 4.39 Å². The first-order chi connectivity index (χ1) is 13.2. The summed E-state index contributed by atoms with van der Waals surface area (Å²) < 4.78 is 18.8. The molecule has 4 heteroatoms. The van der Waals surface area contributed by atoms with Crippen LogP contribution in [0, 0.1) is 0 Å². The van der Waals surface area contributed by atoms with E-state index in [4.69, 9.17) is 4.74 Å². The first kappa shape index (κ1) is 21.3. The van der Waals surface area contributed by atoms with Crippen molar-refractivity contribution in [2.45, 2.75) is 77.8 Å². The monoisotopic (exact) mass is 372 g/mol. The molecule has 2 aromatic rings. The van der Waals surface area contributed by atoms with Crippen LogP contribution >= 0.6 is 0 Å². The SMILES string of the molecule is CCCCOc1cnc(-c2ccc(CCCCCCC(F)CC)cc2)nc1. The molecule has 1 aromatic heterocycles. The third kappa shape index (κ3) is 8.06. The van der Waals surface area contributed by atoms with Crippen LogP contribution in [0.5, 0.6) is 5.75 Å². The number of rotatable bonds is 13. The summed E-state index contributed by atoms with van der Waals surface area (Å²) in [5, 5.41) is 0. The van der Waals surface area contributed by atoms with E-state index in [1.54, 1.807) is 12.4 Å². The molecule has 0 radical (unpaired) electrons. The summed E-state index contributed by atoms with van der Waals surface area (Å²) in [6.45, 7) is 4.76. The highest BCUT2D eigenvalue weighted by Crippen LogP contribution is 2.19. The first-order valence-corrected chi connectivity index (χ1v) is 10.4. The van der Waals surface area contributed by atoms with E-state index in [-0.39, 0.29) is 0 Å². The van der Waals surface area contributed by atoms with Crippen molar-refractivity contribution in [3.8, 4) is 17.1 Å². The second-order valence-electron chi connectivity index (χ2n) is 7.10. The summed E-state index contributed by atoms with van der Waals surface area (Å²) in [4.78, 5) is 8.82. The molecular formula is C23H33FN2O. The molecule has 1 heterocycles. The molecule has 0 bridgehead atoms. The zero-order chi connectivity index (χ0) is 19.3. The molecular weight excluding hydrogens is 339 g/mol. The fraction of sp³-hybridized carbons (Fsp3) is 0.565. The summed E-state index contributed by atoms with van der Waals surface area (Å²) in [5.41, 5.74) is 2.35. The molecule has 1 unspecified atom stereocenters. The average molecular weight is 373 g/mol. The van der Waals surface area contributed by atoms with Crippen LogP contribution in [-0.2, 0) is 6.42 Å². The molecule has 0 amide bonds. The lowest BCUT2D eigenvalue weighted by molar-refractivity contribution is 0.296. The van der Waals surface area contributed by atoms with Crippen LogP contribution < -0.4 is 4.74 Å². The van der Waals surface area contributed by atoms with E-state index < -0.39 is 6.17 Å². The van der Waals surface area contributed by atoms with Crippen molar-refractivity contribution in [2.75, 3.05) is 6.61 Å². The molecule has 0 fully saturated rings. The Bertz CT molecular complexity index is 628. The molecule has 0 saturated carbocycles. The van der Waals surface area contributed by atoms with Crippen molar-refractivity contribution >= 4 is 0 Å². The fourth-order valence-corrected chi connectivity index (χ4v) is 2.95. The Hall–Kier alpha value is -1.97. The van der Waals surface area contributed by atoms with Gasteiger partial charge in [0, 0.05) is 5.56 Å². The van der Waals surface area contributed by atoms with E-state index in [9.17, 15) is 4.39 Å². The molecule has 148 valence electrons. The van der Waals surface area contributed by atoms with E-state index >= 15 is 0 Å². The lowest BCUT2D eigenvalue weighted by Gasteiger charge is -2.07. The van der Waals surface area contributed by atoms with Crippen LogP contribution in [0.1, 0.15) is 70.8 Å². The summed E-state index contributed by atoms with van der Waals surface area (Å²) in [5.74, 6) is 1.45. The van der Waals surface area contributed by atoms with Crippen molar-refractivity contribution in [1.29, 1.82) is 0 Å². The summed E-state index contributed by atoms with van der Waals surface area (Å²) in [6.07, 6.45) is 11.9. The van der Waals surface area contributed by atoms with Crippen LogP contribution in [0.15, 0.2) is 36.7 Å². The van der Waals surface area contributed by atoms with Gasteiger partial charge >= 0.3 is 0 Å². The van der Waals surface area contributed by atoms with Crippen LogP contribution in [0.25, 0.3) is 11.4 Å². The van der Waals surface area contributed by atoms with Gasteiger partial charge in [-0.1, -0.05) is 63.8 Å². The van der Waals surface area contributed by atoms with Crippen molar-refractivity contribution in [2.24, 2.45) is 0 Å². The Labute approximate surface area is 163 Å². The van der Waals surface area contributed by atoms with E-state index in [0.717, 1.165) is 55.7 Å². The molecule has 2 rings (SSSR count). The molecule has 1 atom stereocenters. The van der Waals surface area contributed by atoms with Crippen LogP contribution in [0.2, 0.25) is 0 Å². The van der Waals surface area contributed by atoms with E-state index in [2.05, 4.69) is 41.2 Å². The molecule has 0 spiro atoms. The molecule has 0 saturated heterocycles. The molecule has 0 aliphatic carbocycles. The first-order valence-electron chi connectivity index (χ1n) is 10.4. The van der Waals surface area contributed by atoms with Crippen LogP contribution in [-0.4, -0.2) is 22.7 Å². The van der Waals surface area contributed by atoms with Gasteiger partial charge in [-0.2, -0.15) is 0 Å². The maximum absolute atomic E-state index is 13.2. The molecule has 0 aliphatic heterocycles. The smallest absolute Gasteiger partial charge is 0.159 e. The molecule has 0 aliphatic rings. The second kappa shape index (κ2) is 12.4. The van der Waals surface area contributed by atoms with Crippen molar-refractivity contribution in [3.05, 3.63) is 42.2 Å². The number of nitrogens with zero attached hydrogens (tertiary/aromatic N) is 2. The maximum atomic E-state index is 13.2. The average Bonchev–Trinajstić information content (AvgIpc) is 2.71. The highest BCUT2D eigenvalue weighted by Gasteiger charge is 2.04. The summed E-state index contributed by atoms with van der Waals surface area (Å²) in [7, 11) is 0. The Morgan fingerprint density at radius 1 is 0.926 bits per heavy atom. The Morgan fingerprint density at radius 2 is 1.63 bits per heavy atom. The minimum absolute atomic E-state index is 0.614. The van der Waals surface area contributed by atoms with Gasteiger partial charge in [-0.25, -0.2) is 14.4 Å². The van der Waals surface area contributed by atoms with Gasteiger partial charge < -0.3 is 4.74 Å². The zero-order valence-electron chi connectivity index (χ0n) is 16.8. The van der Waals surface area contributed by atoms with Crippen molar-refractivity contribution < 1.29 is 9.13 Å².